The molecule has 0 heterocycles. The van der Waals surface area contributed by atoms with E-state index in [1.165, 1.54) is 4.31 Å². The van der Waals surface area contributed by atoms with Crippen LogP contribution < -0.4 is 5.32 Å². The van der Waals surface area contributed by atoms with Crippen LogP contribution in [0.1, 0.15) is 29.8 Å². The molecular formula is C20H24N2O3S. The maximum absolute atomic E-state index is 12.8. The normalized spacial score (nSPS) is 11.5. The van der Waals surface area contributed by atoms with Gasteiger partial charge in [-0.3, -0.25) is 4.79 Å². The molecule has 0 saturated carbocycles. The highest BCUT2D eigenvalue weighted by Gasteiger charge is 2.23. The fourth-order valence-electron chi connectivity index (χ4n) is 2.44. The minimum atomic E-state index is -3.62. The quantitative estimate of drug-likeness (QED) is 0.724. The van der Waals surface area contributed by atoms with Gasteiger partial charge in [0.2, 0.25) is 10.0 Å². The maximum Gasteiger partial charge on any atom is 0.251 e. The second-order valence-corrected chi connectivity index (χ2v) is 8.16. The van der Waals surface area contributed by atoms with Crippen LogP contribution in [0.5, 0.6) is 0 Å². The Bertz CT molecular complexity index is 844. The summed E-state index contributed by atoms with van der Waals surface area (Å²) < 4.78 is 27.0. The van der Waals surface area contributed by atoms with Crippen molar-refractivity contribution < 1.29 is 13.2 Å². The number of sulfonamides is 1. The molecule has 0 fully saturated rings. The highest BCUT2D eigenvalue weighted by molar-refractivity contribution is 7.89. The first-order valence-electron chi connectivity index (χ1n) is 8.40. The number of rotatable bonds is 8. The second kappa shape index (κ2) is 8.78. The summed E-state index contributed by atoms with van der Waals surface area (Å²) in [4.78, 5) is 12.2. The fourth-order valence-corrected chi connectivity index (χ4v) is 3.86. The Labute approximate surface area is 155 Å². The van der Waals surface area contributed by atoms with E-state index in [4.69, 9.17) is 0 Å². The lowest BCUT2D eigenvalue weighted by atomic mass is 10.1. The molecule has 26 heavy (non-hydrogen) atoms. The van der Waals surface area contributed by atoms with Gasteiger partial charge in [-0.05, 0) is 43.7 Å². The number of nitrogens with one attached hydrogen (secondary N) is 1. The average molecular weight is 372 g/mol. The van der Waals surface area contributed by atoms with Crippen molar-refractivity contribution in [3.63, 3.8) is 0 Å². The van der Waals surface area contributed by atoms with Crippen molar-refractivity contribution in [3.05, 3.63) is 78.4 Å². The topological polar surface area (TPSA) is 66.5 Å². The SMILES string of the molecule is C=CCN(Cc1ccc(C(=O)NC(C)C)cc1)S(=O)(=O)c1ccccc1. The van der Waals surface area contributed by atoms with Gasteiger partial charge in [-0.2, -0.15) is 4.31 Å². The molecule has 1 amide bonds. The summed E-state index contributed by atoms with van der Waals surface area (Å²) in [5.41, 5.74) is 1.34. The Morgan fingerprint density at radius 3 is 2.27 bits per heavy atom. The number of nitrogens with zero attached hydrogens (tertiary/aromatic N) is 1. The first-order valence-corrected chi connectivity index (χ1v) is 9.84. The number of benzene rings is 2. The second-order valence-electron chi connectivity index (χ2n) is 6.22. The molecule has 0 aliphatic carbocycles. The van der Waals surface area contributed by atoms with Gasteiger partial charge in [-0.25, -0.2) is 8.42 Å². The lowest BCUT2D eigenvalue weighted by molar-refractivity contribution is 0.0943. The van der Waals surface area contributed by atoms with Gasteiger partial charge < -0.3 is 5.32 Å². The van der Waals surface area contributed by atoms with E-state index in [1.54, 1.807) is 60.7 Å². The Hall–Kier alpha value is -2.44. The van der Waals surface area contributed by atoms with Crippen LogP contribution in [-0.2, 0) is 16.6 Å². The van der Waals surface area contributed by atoms with Crippen LogP contribution in [0.4, 0.5) is 0 Å². The standard InChI is InChI=1S/C20H24N2O3S/c1-4-14-22(26(24,25)19-8-6-5-7-9-19)15-17-10-12-18(13-11-17)20(23)21-16(2)3/h4-13,16H,1,14-15H2,2-3H3,(H,21,23). The van der Waals surface area contributed by atoms with Crippen molar-refractivity contribution >= 4 is 15.9 Å². The van der Waals surface area contributed by atoms with Gasteiger partial charge >= 0.3 is 0 Å². The number of hydrogen-bond acceptors (Lipinski definition) is 3. The Kier molecular flexibility index (Phi) is 6.71. The fraction of sp³-hybridized carbons (Fsp3) is 0.250. The summed E-state index contributed by atoms with van der Waals surface area (Å²) in [5, 5.41) is 2.83. The Balaban J connectivity index is 2.20. The zero-order valence-corrected chi connectivity index (χ0v) is 15.9. The Morgan fingerprint density at radius 1 is 1.12 bits per heavy atom. The molecular weight excluding hydrogens is 348 g/mol. The third-order valence-corrected chi connectivity index (χ3v) is 5.53. The van der Waals surface area contributed by atoms with Gasteiger partial charge in [0, 0.05) is 24.7 Å². The molecule has 0 saturated heterocycles. The predicted octanol–water partition coefficient (Wildman–Crippen LogP) is 3.20. The summed E-state index contributed by atoms with van der Waals surface area (Å²) in [5.74, 6) is -0.147. The molecule has 0 aromatic heterocycles. The van der Waals surface area contributed by atoms with E-state index in [1.807, 2.05) is 13.8 Å². The van der Waals surface area contributed by atoms with E-state index < -0.39 is 10.0 Å². The molecule has 6 heteroatoms. The summed E-state index contributed by atoms with van der Waals surface area (Å²) in [6, 6.07) is 15.3. The minimum Gasteiger partial charge on any atom is -0.350 e. The zero-order valence-electron chi connectivity index (χ0n) is 15.1. The highest BCUT2D eigenvalue weighted by Crippen LogP contribution is 2.18. The summed E-state index contributed by atoms with van der Waals surface area (Å²) >= 11 is 0. The third-order valence-electron chi connectivity index (χ3n) is 3.71. The van der Waals surface area contributed by atoms with Crippen molar-refractivity contribution in [1.82, 2.24) is 9.62 Å². The summed E-state index contributed by atoms with van der Waals surface area (Å²) in [6.07, 6.45) is 1.56. The molecule has 0 aliphatic rings. The van der Waals surface area contributed by atoms with Gasteiger partial charge in [-0.1, -0.05) is 36.4 Å². The van der Waals surface area contributed by atoms with E-state index in [0.29, 0.717) is 5.56 Å². The predicted molar refractivity (Wildman–Crippen MR) is 103 cm³/mol. The van der Waals surface area contributed by atoms with Crippen LogP contribution in [0.2, 0.25) is 0 Å². The average Bonchev–Trinajstić information content (AvgIpc) is 2.62. The number of amides is 1. The van der Waals surface area contributed by atoms with Crippen LogP contribution >= 0.6 is 0 Å². The van der Waals surface area contributed by atoms with Gasteiger partial charge in [0.1, 0.15) is 0 Å². The van der Waals surface area contributed by atoms with Gasteiger partial charge in [0.05, 0.1) is 4.90 Å². The largest absolute Gasteiger partial charge is 0.350 e. The van der Waals surface area contributed by atoms with E-state index in [0.717, 1.165) is 5.56 Å². The molecule has 2 aromatic carbocycles. The molecule has 138 valence electrons. The van der Waals surface area contributed by atoms with Crippen LogP contribution in [-0.4, -0.2) is 31.2 Å². The third kappa shape index (κ3) is 5.03. The molecule has 5 nitrogen and oxygen atoms in total. The van der Waals surface area contributed by atoms with E-state index in [9.17, 15) is 13.2 Å². The number of hydrogen-bond donors (Lipinski definition) is 1. The van der Waals surface area contributed by atoms with Gasteiger partial charge in [0.15, 0.2) is 0 Å². The van der Waals surface area contributed by atoms with Crippen molar-refractivity contribution in [3.8, 4) is 0 Å². The monoisotopic (exact) mass is 372 g/mol. The first-order chi connectivity index (χ1) is 12.3. The van der Waals surface area contributed by atoms with E-state index in [-0.39, 0.29) is 29.9 Å². The molecule has 1 N–H and O–H groups in total. The molecule has 0 radical (unpaired) electrons. The number of carbonyl (C=O) groups excluding carboxylic acids is 1. The molecule has 0 bridgehead atoms. The van der Waals surface area contributed by atoms with E-state index in [2.05, 4.69) is 11.9 Å². The lowest BCUT2D eigenvalue weighted by Crippen LogP contribution is -2.31. The van der Waals surface area contributed by atoms with Crippen LogP contribution in [0, 0.1) is 0 Å². The summed E-state index contributed by atoms with van der Waals surface area (Å²) in [6.45, 7) is 7.85. The molecule has 0 aliphatic heterocycles. The molecule has 2 rings (SSSR count). The van der Waals surface area contributed by atoms with Crippen molar-refractivity contribution in [1.29, 1.82) is 0 Å². The van der Waals surface area contributed by atoms with Gasteiger partial charge in [0.25, 0.3) is 5.91 Å². The van der Waals surface area contributed by atoms with Crippen molar-refractivity contribution in [2.45, 2.75) is 31.3 Å². The molecule has 0 atom stereocenters. The first kappa shape index (κ1) is 19.9. The maximum atomic E-state index is 12.8. The minimum absolute atomic E-state index is 0.0567. The van der Waals surface area contributed by atoms with Crippen molar-refractivity contribution in [2.24, 2.45) is 0 Å². The van der Waals surface area contributed by atoms with Crippen LogP contribution in [0.15, 0.2) is 72.1 Å². The summed E-state index contributed by atoms with van der Waals surface area (Å²) in [7, 11) is -3.62. The Morgan fingerprint density at radius 2 is 1.73 bits per heavy atom. The zero-order chi connectivity index (χ0) is 19.2. The lowest BCUT2D eigenvalue weighted by Gasteiger charge is -2.21. The van der Waals surface area contributed by atoms with Crippen LogP contribution in [0.25, 0.3) is 0 Å². The smallest absolute Gasteiger partial charge is 0.251 e. The van der Waals surface area contributed by atoms with Crippen LogP contribution in [0.3, 0.4) is 0 Å². The van der Waals surface area contributed by atoms with E-state index >= 15 is 0 Å². The molecule has 2 aromatic rings. The highest BCUT2D eigenvalue weighted by atomic mass is 32.2. The molecule has 0 spiro atoms. The van der Waals surface area contributed by atoms with Gasteiger partial charge in [-0.15, -0.1) is 6.58 Å². The molecule has 0 unspecified atom stereocenters. The van der Waals surface area contributed by atoms with Crippen molar-refractivity contribution in [2.75, 3.05) is 6.54 Å². The number of carbonyl (C=O) groups is 1.